The summed E-state index contributed by atoms with van der Waals surface area (Å²) in [5.74, 6) is 0.946. The summed E-state index contributed by atoms with van der Waals surface area (Å²) < 4.78 is 0. The summed E-state index contributed by atoms with van der Waals surface area (Å²) >= 11 is 5.10. The molecule has 0 saturated carbocycles. The summed E-state index contributed by atoms with van der Waals surface area (Å²) in [5.41, 5.74) is -0.279. The Labute approximate surface area is 117 Å². The van der Waals surface area contributed by atoms with Crippen LogP contribution >= 0.6 is 12.2 Å². The third-order valence-electron chi connectivity index (χ3n) is 4.21. The van der Waals surface area contributed by atoms with Crippen molar-refractivity contribution >= 4 is 29.0 Å². The lowest BCUT2D eigenvalue weighted by atomic mass is 9.62. The lowest BCUT2D eigenvalue weighted by Crippen LogP contribution is -2.56. The molecule has 1 amide bonds. The molecule has 1 spiro atoms. The Bertz CT molecular complexity index is 507. The number of nitriles is 1. The topological polar surface area (TPSA) is 78.4 Å². The maximum atomic E-state index is 12.0. The first-order chi connectivity index (χ1) is 9.08. The lowest BCUT2D eigenvalue weighted by Gasteiger charge is -2.47. The molecule has 0 aliphatic carbocycles. The van der Waals surface area contributed by atoms with Crippen molar-refractivity contribution in [2.24, 2.45) is 11.3 Å². The van der Waals surface area contributed by atoms with Crippen LogP contribution in [0.3, 0.4) is 0 Å². The molecule has 2 aliphatic heterocycles. The highest BCUT2D eigenvalue weighted by atomic mass is 32.1. The van der Waals surface area contributed by atoms with Gasteiger partial charge in [-0.2, -0.15) is 5.26 Å². The molecule has 2 saturated heterocycles. The first kappa shape index (κ1) is 13.9. The third-order valence-corrected chi connectivity index (χ3v) is 4.52. The summed E-state index contributed by atoms with van der Waals surface area (Å²) in [6, 6.07) is 2.07. The van der Waals surface area contributed by atoms with Crippen molar-refractivity contribution in [3.8, 4) is 6.07 Å². The molecule has 0 aromatic rings. The van der Waals surface area contributed by atoms with Gasteiger partial charge in [0.05, 0.1) is 6.07 Å². The van der Waals surface area contributed by atoms with Crippen LogP contribution in [0.4, 0.5) is 0 Å². The standard InChI is InChI=1S/C13H15N4OS/c1-2-17-5-3-13(4-6-17)9(7-14)11(18)16-12(19)10(13)8-15/h9H,2-6H2,1H3,(H,16,18,19)/q-1. The number of carbonyl (C=O) groups is 1. The maximum absolute atomic E-state index is 12.0. The van der Waals surface area contributed by atoms with Gasteiger partial charge in [-0.25, -0.2) is 0 Å². The summed E-state index contributed by atoms with van der Waals surface area (Å²) in [5, 5.41) is 21.1. The molecule has 0 radical (unpaired) electrons. The molecule has 2 rings (SSSR count). The highest BCUT2D eigenvalue weighted by Crippen LogP contribution is 2.46. The number of amides is 1. The summed E-state index contributed by atoms with van der Waals surface area (Å²) in [6.45, 7) is 4.59. The van der Waals surface area contributed by atoms with Gasteiger partial charge in [0.1, 0.15) is 10.9 Å². The Morgan fingerprint density at radius 1 is 1.58 bits per heavy atom. The molecule has 100 valence electrons. The van der Waals surface area contributed by atoms with Crippen molar-refractivity contribution in [2.75, 3.05) is 19.6 Å². The highest BCUT2D eigenvalue weighted by Gasteiger charge is 2.51. The number of thiocarbonyl (C=S) groups is 1. The second-order valence-electron chi connectivity index (χ2n) is 4.96. The van der Waals surface area contributed by atoms with Gasteiger partial charge in [-0.3, -0.25) is 10.7 Å². The largest absolute Gasteiger partial charge is 0.763 e. The molecule has 0 aromatic carbocycles. The van der Waals surface area contributed by atoms with E-state index < -0.39 is 11.3 Å². The van der Waals surface area contributed by atoms with Gasteiger partial charge >= 0.3 is 0 Å². The zero-order chi connectivity index (χ0) is 14.0. The molecule has 2 aliphatic rings. The van der Waals surface area contributed by atoms with E-state index in [-0.39, 0.29) is 10.9 Å². The average molecular weight is 275 g/mol. The fourth-order valence-corrected chi connectivity index (χ4v) is 3.37. The Hall–Kier alpha value is -1.54. The van der Waals surface area contributed by atoms with Crippen LogP contribution in [0.1, 0.15) is 19.8 Å². The van der Waals surface area contributed by atoms with Crippen LogP contribution < -0.4 is 5.32 Å². The molecular weight excluding hydrogens is 260 g/mol. The Morgan fingerprint density at radius 2 is 2.21 bits per heavy atom. The smallest absolute Gasteiger partial charge is 0.243 e. The summed E-state index contributed by atoms with van der Waals surface area (Å²) in [4.78, 5) is 14.4. The van der Waals surface area contributed by atoms with Crippen LogP contribution in [0, 0.1) is 22.7 Å². The zero-order valence-electron chi connectivity index (χ0n) is 10.8. The number of nitrogens with zero attached hydrogens (tertiary/aromatic N) is 3. The van der Waals surface area contributed by atoms with Crippen LogP contribution in [0.15, 0.2) is 5.57 Å². The van der Waals surface area contributed by atoms with Crippen molar-refractivity contribution in [1.82, 2.24) is 10.2 Å². The minimum Gasteiger partial charge on any atom is -0.763 e. The molecule has 19 heavy (non-hydrogen) atoms. The summed E-state index contributed by atoms with van der Waals surface area (Å²) in [7, 11) is 0. The van der Waals surface area contributed by atoms with E-state index >= 15 is 0 Å². The van der Waals surface area contributed by atoms with E-state index in [0.29, 0.717) is 18.4 Å². The third kappa shape index (κ3) is 2.10. The van der Waals surface area contributed by atoms with Crippen molar-refractivity contribution in [1.29, 1.82) is 5.26 Å². The summed E-state index contributed by atoms with van der Waals surface area (Å²) in [6.07, 6.45) is 1.27. The monoisotopic (exact) mass is 275 g/mol. The number of rotatable bonds is 1. The normalized spacial score (nSPS) is 26.7. The molecule has 1 atom stereocenters. The number of hydrogen-bond donors (Lipinski definition) is 1. The number of nitrogens with one attached hydrogen (secondary N) is 1. The van der Waals surface area contributed by atoms with E-state index in [1.165, 1.54) is 0 Å². The predicted octanol–water partition coefficient (Wildman–Crippen LogP) is 0.851. The van der Waals surface area contributed by atoms with E-state index in [0.717, 1.165) is 19.6 Å². The molecule has 0 aromatic heterocycles. The van der Waals surface area contributed by atoms with E-state index in [1.807, 2.05) is 0 Å². The number of piperidine rings is 2. The van der Waals surface area contributed by atoms with Gasteiger partial charge < -0.3 is 15.6 Å². The first-order valence-corrected chi connectivity index (χ1v) is 6.74. The molecule has 0 bridgehead atoms. The second-order valence-corrected chi connectivity index (χ2v) is 5.37. The predicted molar refractivity (Wildman–Crippen MR) is 75.5 cm³/mol. The lowest BCUT2D eigenvalue weighted by molar-refractivity contribution is -0.126. The van der Waals surface area contributed by atoms with Crippen molar-refractivity contribution in [3.05, 3.63) is 11.0 Å². The van der Waals surface area contributed by atoms with Crippen molar-refractivity contribution in [3.63, 3.8) is 0 Å². The quantitative estimate of drug-likeness (QED) is 0.437. The Kier molecular flexibility index (Phi) is 3.81. The molecule has 2 fully saturated rings. The Morgan fingerprint density at radius 3 is 2.68 bits per heavy atom. The molecule has 1 N–H and O–H groups in total. The number of likely N-dealkylation sites (tertiary alicyclic amines) is 1. The average Bonchev–Trinajstić information content (AvgIpc) is 2.40. The molecular formula is C13H15N4OS-. The van der Waals surface area contributed by atoms with Crippen LogP contribution in [-0.4, -0.2) is 41.3 Å². The van der Waals surface area contributed by atoms with Crippen LogP contribution in [0.5, 0.6) is 0 Å². The van der Waals surface area contributed by atoms with Gasteiger partial charge in [-0.1, -0.05) is 19.1 Å². The van der Waals surface area contributed by atoms with E-state index in [1.54, 1.807) is 0 Å². The zero-order valence-corrected chi connectivity index (χ0v) is 11.6. The van der Waals surface area contributed by atoms with Gasteiger partial charge in [0.2, 0.25) is 5.91 Å². The highest BCUT2D eigenvalue weighted by molar-refractivity contribution is 7.80. The van der Waals surface area contributed by atoms with Gasteiger partial charge in [0.15, 0.2) is 0 Å². The minimum absolute atomic E-state index is 0.198. The SMILES string of the molecule is CCN1CCC2(CC1)C(=C=[N-])C(=S)NC(=O)C2C#N. The fourth-order valence-electron chi connectivity index (χ4n) is 3.02. The van der Waals surface area contributed by atoms with Gasteiger partial charge in [0, 0.05) is 11.0 Å². The van der Waals surface area contributed by atoms with Crippen LogP contribution in [0.25, 0.3) is 5.41 Å². The van der Waals surface area contributed by atoms with Crippen molar-refractivity contribution < 1.29 is 4.79 Å². The van der Waals surface area contributed by atoms with Crippen LogP contribution in [0.2, 0.25) is 0 Å². The van der Waals surface area contributed by atoms with Gasteiger partial charge in [-0.05, 0) is 32.5 Å². The van der Waals surface area contributed by atoms with E-state index in [9.17, 15) is 15.5 Å². The van der Waals surface area contributed by atoms with Crippen molar-refractivity contribution in [2.45, 2.75) is 19.8 Å². The minimum atomic E-state index is -0.812. The van der Waals surface area contributed by atoms with E-state index in [4.69, 9.17) is 12.2 Å². The first-order valence-electron chi connectivity index (χ1n) is 6.33. The number of hydrogen-bond acceptors (Lipinski definition) is 4. The van der Waals surface area contributed by atoms with Gasteiger partial charge in [-0.15, -0.1) is 0 Å². The Balaban J connectivity index is 2.42. The molecule has 1 unspecified atom stereocenters. The fraction of sp³-hybridized carbons (Fsp3) is 0.615. The molecule has 2 heterocycles. The number of carbonyl (C=O) groups excluding carboxylic acids is 1. The molecule has 5 nitrogen and oxygen atoms in total. The van der Waals surface area contributed by atoms with E-state index in [2.05, 4.69) is 29.1 Å². The second kappa shape index (κ2) is 5.22. The van der Waals surface area contributed by atoms with Crippen LogP contribution in [-0.2, 0) is 4.79 Å². The molecule has 6 heteroatoms. The van der Waals surface area contributed by atoms with Gasteiger partial charge in [0.25, 0.3) is 0 Å². The maximum Gasteiger partial charge on any atom is 0.243 e.